The number of hydrogen-bond acceptors (Lipinski definition) is 4. The second-order valence-electron chi connectivity index (χ2n) is 7.99. The van der Waals surface area contributed by atoms with Crippen LogP contribution in [0.5, 0.6) is 5.75 Å². The molecule has 1 spiro atoms. The van der Waals surface area contributed by atoms with E-state index in [0.29, 0.717) is 40.5 Å². The number of halogens is 2. The molecule has 0 unspecified atom stereocenters. The highest BCUT2D eigenvalue weighted by Crippen LogP contribution is 2.54. The van der Waals surface area contributed by atoms with Crippen molar-refractivity contribution < 1.29 is 23.1 Å². The van der Waals surface area contributed by atoms with Crippen LogP contribution in [-0.4, -0.2) is 36.2 Å². The topological polar surface area (TPSA) is 61.9 Å². The van der Waals surface area contributed by atoms with Gasteiger partial charge in [-0.2, -0.15) is 0 Å². The van der Waals surface area contributed by atoms with Crippen LogP contribution in [0.4, 0.5) is 25.0 Å². The fraction of sp³-hybridized carbons (Fsp3) is 0.200. The molecule has 1 N–H and O–H groups in total. The third-order valence-electron chi connectivity index (χ3n) is 5.95. The lowest BCUT2D eigenvalue weighted by Crippen LogP contribution is -2.51. The summed E-state index contributed by atoms with van der Waals surface area (Å²) in [4.78, 5) is 28.8. The van der Waals surface area contributed by atoms with Crippen molar-refractivity contribution in [3.63, 3.8) is 0 Å². The Labute approximate surface area is 199 Å². The van der Waals surface area contributed by atoms with Gasteiger partial charge in [-0.25, -0.2) is 13.6 Å². The molecule has 2 heterocycles. The minimum atomic E-state index is -1.41. The number of rotatable bonds is 4. The van der Waals surface area contributed by atoms with E-state index in [9.17, 15) is 18.4 Å². The molecule has 0 bridgehead atoms. The van der Waals surface area contributed by atoms with Gasteiger partial charge in [-0.15, -0.1) is 11.8 Å². The Morgan fingerprint density at radius 3 is 2.68 bits per heavy atom. The molecule has 9 heteroatoms. The summed E-state index contributed by atoms with van der Waals surface area (Å²) in [5.41, 5.74) is 2.02. The first kappa shape index (κ1) is 22.2. The maximum atomic E-state index is 14.4. The van der Waals surface area contributed by atoms with Crippen molar-refractivity contribution in [2.45, 2.75) is 11.4 Å². The van der Waals surface area contributed by atoms with Crippen molar-refractivity contribution in [2.75, 3.05) is 29.6 Å². The summed E-state index contributed by atoms with van der Waals surface area (Å²) in [5.74, 6) is -0.192. The van der Waals surface area contributed by atoms with E-state index >= 15 is 0 Å². The highest BCUT2D eigenvalue weighted by atomic mass is 32.2. The third kappa shape index (κ3) is 3.66. The largest absolute Gasteiger partial charge is 0.497 e. The van der Waals surface area contributed by atoms with Crippen molar-refractivity contribution in [1.82, 2.24) is 4.90 Å². The fourth-order valence-electron chi connectivity index (χ4n) is 4.45. The van der Waals surface area contributed by atoms with Gasteiger partial charge in [0.2, 0.25) is 0 Å². The van der Waals surface area contributed by atoms with E-state index < -0.39 is 22.5 Å². The monoisotopic (exact) mass is 481 g/mol. The predicted molar refractivity (Wildman–Crippen MR) is 127 cm³/mol. The number of thioether (sulfide) groups is 1. The highest BCUT2D eigenvalue weighted by Gasteiger charge is 2.59. The average molecular weight is 482 g/mol. The van der Waals surface area contributed by atoms with Crippen molar-refractivity contribution in [3.05, 3.63) is 89.5 Å². The van der Waals surface area contributed by atoms with Crippen LogP contribution in [0.1, 0.15) is 11.1 Å². The van der Waals surface area contributed by atoms with Crippen molar-refractivity contribution >= 4 is 35.1 Å². The van der Waals surface area contributed by atoms with Crippen LogP contribution in [0.2, 0.25) is 0 Å². The molecule has 3 aromatic carbocycles. The van der Waals surface area contributed by atoms with Gasteiger partial charge in [0.15, 0.2) is 4.87 Å². The Bertz CT molecular complexity index is 1290. The zero-order valence-corrected chi connectivity index (χ0v) is 19.1. The summed E-state index contributed by atoms with van der Waals surface area (Å²) >= 11 is 1.29. The van der Waals surface area contributed by atoms with Crippen LogP contribution in [0.3, 0.4) is 0 Å². The van der Waals surface area contributed by atoms with Gasteiger partial charge in [-0.1, -0.05) is 18.2 Å². The second-order valence-corrected chi connectivity index (χ2v) is 9.28. The summed E-state index contributed by atoms with van der Waals surface area (Å²) in [6, 6.07) is 16.5. The van der Waals surface area contributed by atoms with Crippen LogP contribution in [-0.2, 0) is 16.2 Å². The van der Waals surface area contributed by atoms with E-state index in [1.165, 1.54) is 59.0 Å². The molecule has 34 heavy (non-hydrogen) atoms. The number of ether oxygens (including phenoxy) is 1. The minimum Gasteiger partial charge on any atom is -0.497 e. The van der Waals surface area contributed by atoms with Crippen molar-refractivity contribution in [1.29, 1.82) is 0 Å². The van der Waals surface area contributed by atoms with Gasteiger partial charge in [0.05, 0.1) is 19.3 Å². The van der Waals surface area contributed by atoms with Crippen LogP contribution in [0.25, 0.3) is 0 Å². The fourth-order valence-corrected chi connectivity index (χ4v) is 5.91. The minimum absolute atomic E-state index is 0.100. The average Bonchev–Trinajstić information content (AvgIpc) is 3.36. The Balaban J connectivity index is 1.52. The van der Waals surface area contributed by atoms with Gasteiger partial charge in [-0.05, 0) is 48.0 Å². The van der Waals surface area contributed by atoms with E-state index in [2.05, 4.69) is 5.32 Å². The first-order chi connectivity index (χ1) is 16.4. The molecular formula is C25H21F2N3O3S. The molecular weight excluding hydrogens is 460 g/mol. The lowest BCUT2D eigenvalue weighted by atomic mass is 10.1. The maximum absolute atomic E-state index is 14.4. The lowest BCUT2D eigenvalue weighted by Gasteiger charge is -2.33. The number of hydrogen-bond donors (Lipinski definition) is 1. The molecule has 0 saturated carbocycles. The molecule has 0 radical (unpaired) electrons. The molecule has 1 fully saturated rings. The predicted octanol–water partition coefficient (Wildman–Crippen LogP) is 4.95. The Hall–Kier alpha value is -3.59. The number of nitrogens with zero attached hydrogens (tertiary/aromatic N) is 2. The molecule has 3 amide bonds. The zero-order chi connectivity index (χ0) is 23.9. The molecule has 1 saturated heterocycles. The van der Waals surface area contributed by atoms with Gasteiger partial charge in [0.25, 0.3) is 5.91 Å². The number of methoxy groups -OCH3 is 1. The van der Waals surface area contributed by atoms with Gasteiger partial charge < -0.3 is 15.0 Å². The first-order valence-electron chi connectivity index (χ1n) is 10.7. The van der Waals surface area contributed by atoms with Crippen LogP contribution in [0.15, 0.2) is 66.7 Å². The number of nitrogens with one attached hydrogen (secondary N) is 1. The molecule has 6 nitrogen and oxygen atoms in total. The van der Waals surface area contributed by atoms with Crippen LogP contribution in [0, 0.1) is 11.6 Å². The summed E-state index contributed by atoms with van der Waals surface area (Å²) in [6.07, 6.45) is 0. The molecule has 0 aliphatic carbocycles. The Morgan fingerprint density at radius 2 is 1.88 bits per heavy atom. The SMILES string of the molecule is COc1cccc(NC(=O)N2CCS[C@@]23C(=O)N(Cc2cccc(F)c2)c2ccc(F)cc23)c1. The normalized spacial score (nSPS) is 19.0. The van der Waals surface area contributed by atoms with Crippen molar-refractivity contribution in [2.24, 2.45) is 0 Å². The number of amides is 3. The highest BCUT2D eigenvalue weighted by molar-refractivity contribution is 8.01. The van der Waals surface area contributed by atoms with E-state index in [0.717, 1.165) is 0 Å². The van der Waals surface area contributed by atoms with E-state index in [-0.39, 0.29) is 12.5 Å². The van der Waals surface area contributed by atoms with Gasteiger partial charge in [0.1, 0.15) is 17.4 Å². The molecule has 3 aromatic rings. The van der Waals surface area contributed by atoms with Crippen LogP contribution >= 0.6 is 11.8 Å². The number of carbonyl (C=O) groups excluding carboxylic acids is 2. The Morgan fingerprint density at radius 1 is 1.09 bits per heavy atom. The zero-order valence-electron chi connectivity index (χ0n) is 18.3. The number of carbonyl (C=O) groups is 2. The van der Waals surface area contributed by atoms with Crippen molar-refractivity contribution in [3.8, 4) is 5.75 Å². The quantitative estimate of drug-likeness (QED) is 0.573. The number of anilines is 2. The van der Waals surface area contributed by atoms with Gasteiger partial charge in [-0.3, -0.25) is 9.69 Å². The van der Waals surface area contributed by atoms with Gasteiger partial charge >= 0.3 is 6.03 Å². The summed E-state index contributed by atoms with van der Waals surface area (Å²) in [7, 11) is 1.53. The molecule has 1 atom stereocenters. The number of fused-ring (bicyclic) bond motifs is 2. The second kappa shape index (κ2) is 8.64. The Kier molecular flexibility index (Phi) is 5.65. The van der Waals surface area contributed by atoms with E-state index in [4.69, 9.17) is 4.74 Å². The number of benzene rings is 3. The van der Waals surface area contributed by atoms with Gasteiger partial charge in [0, 0.05) is 29.6 Å². The van der Waals surface area contributed by atoms with E-state index in [1.807, 2.05) is 0 Å². The molecule has 2 aliphatic heterocycles. The first-order valence-corrected chi connectivity index (χ1v) is 11.6. The van der Waals surface area contributed by atoms with Crippen LogP contribution < -0.4 is 15.0 Å². The summed E-state index contributed by atoms with van der Waals surface area (Å²) in [5, 5.41) is 2.83. The molecule has 2 aliphatic rings. The lowest BCUT2D eigenvalue weighted by molar-refractivity contribution is -0.123. The molecule has 5 rings (SSSR count). The molecule has 0 aromatic heterocycles. The number of urea groups is 1. The summed E-state index contributed by atoms with van der Waals surface area (Å²) < 4.78 is 33.4. The molecule has 174 valence electrons. The smallest absolute Gasteiger partial charge is 0.323 e. The maximum Gasteiger partial charge on any atom is 0.323 e. The standard InChI is InChI=1S/C25H21F2N3O3S/c1-33-20-7-3-6-19(14-20)28-24(32)30-10-11-34-25(30)21-13-18(27)8-9-22(21)29(23(25)31)15-16-4-2-5-17(26)12-16/h2-9,12-14H,10-11,15H2,1H3,(H,28,32)/t25-/m0/s1. The third-order valence-corrected chi connectivity index (χ3v) is 7.37. The van der Waals surface area contributed by atoms with E-state index in [1.54, 1.807) is 36.4 Å². The summed E-state index contributed by atoms with van der Waals surface area (Å²) in [6.45, 7) is 0.402.